The maximum Gasteiger partial charge on any atom is 0.355 e. The van der Waals surface area contributed by atoms with E-state index in [-0.39, 0.29) is 24.9 Å². The molecular weight excluding hydrogens is 785 g/mol. The van der Waals surface area contributed by atoms with E-state index in [1.54, 1.807) is 63.1 Å². The van der Waals surface area contributed by atoms with Crippen LogP contribution in [-0.4, -0.2) is 73.5 Å². The second kappa shape index (κ2) is 18.8. The van der Waals surface area contributed by atoms with Crippen molar-refractivity contribution in [2.24, 2.45) is 0 Å². The summed E-state index contributed by atoms with van der Waals surface area (Å²) in [5, 5.41) is 11.9. The molecule has 1 N–H and O–H groups in total. The van der Waals surface area contributed by atoms with E-state index in [2.05, 4.69) is 32.1 Å². The zero-order chi connectivity index (χ0) is 43.9. The van der Waals surface area contributed by atoms with Crippen molar-refractivity contribution < 1.29 is 33.6 Å². The number of carbonyl (C=O) groups is 2. The summed E-state index contributed by atoms with van der Waals surface area (Å²) in [6.45, 7) is 11.0. The highest BCUT2D eigenvalue weighted by molar-refractivity contribution is 6.11. The van der Waals surface area contributed by atoms with E-state index in [0.717, 1.165) is 55.6 Å². The van der Waals surface area contributed by atoms with Crippen molar-refractivity contribution >= 4 is 33.7 Å². The molecule has 0 bridgehead atoms. The molecule has 6 heterocycles. The van der Waals surface area contributed by atoms with E-state index >= 15 is 0 Å². The van der Waals surface area contributed by atoms with Crippen LogP contribution < -0.4 is 9.47 Å². The second-order valence-corrected chi connectivity index (χ2v) is 14.5. The maximum absolute atomic E-state index is 13.3. The van der Waals surface area contributed by atoms with Crippen LogP contribution >= 0.6 is 0 Å². The number of aromatic hydroxyl groups is 1. The smallest absolute Gasteiger partial charge is 0.355 e. The number of ether oxygens (including phenoxy) is 4. The Labute approximate surface area is 359 Å². The minimum Gasteiger partial charge on any atom is -0.508 e. The van der Waals surface area contributed by atoms with E-state index in [1.807, 2.05) is 85.4 Å². The number of methoxy groups -OCH3 is 2. The first-order chi connectivity index (χ1) is 30.1. The van der Waals surface area contributed by atoms with Gasteiger partial charge < -0.3 is 33.2 Å². The molecule has 0 spiro atoms. The molecule has 13 heteroatoms. The van der Waals surface area contributed by atoms with Crippen molar-refractivity contribution in [3.8, 4) is 39.8 Å². The highest BCUT2D eigenvalue weighted by Crippen LogP contribution is 2.42. The van der Waals surface area contributed by atoms with Crippen LogP contribution in [0.5, 0.6) is 17.5 Å². The first-order valence-corrected chi connectivity index (χ1v) is 20.2. The molecule has 0 fully saturated rings. The van der Waals surface area contributed by atoms with Gasteiger partial charge in [-0.2, -0.15) is 0 Å². The summed E-state index contributed by atoms with van der Waals surface area (Å²) >= 11 is 0. The van der Waals surface area contributed by atoms with Crippen molar-refractivity contribution in [1.82, 2.24) is 29.1 Å². The highest BCUT2D eigenvalue weighted by Gasteiger charge is 2.29. The summed E-state index contributed by atoms with van der Waals surface area (Å²) < 4.78 is 25.9. The Bertz CT molecular complexity index is 2720. The molecule has 0 aliphatic carbocycles. The monoisotopic (exact) mass is 832 g/mol. The van der Waals surface area contributed by atoms with E-state index < -0.39 is 5.97 Å². The van der Waals surface area contributed by atoms with Crippen molar-refractivity contribution in [2.75, 3.05) is 27.4 Å². The third-order valence-corrected chi connectivity index (χ3v) is 10.3. The average molecular weight is 833 g/mol. The van der Waals surface area contributed by atoms with Gasteiger partial charge in [-0.15, -0.1) is 0 Å². The first kappa shape index (κ1) is 42.6. The fourth-order valence-corrected chi connectivity index (χ4v) is 7.77. The number of aryl methyl sites for hydroxylation is 3. The number of pyridine rings is 4. The van der Waals surface area contributed by atoms with Crippen LogP contribution in [0.3, 0.4) is 0 Å². The van der Waals surface area contributed by atoms with E-state index in [1.165, 1.54) is 7.11 Å². The minimum absolute atomic E-state index is 0.101. The molecule has 2 aromatic carbocycles. The molecule has 6 aromatic heterocycles. The quantitative estimate of drug-likeness (QED) is 0.117. The van der Waals surface area contributed by atoms with Gasteiger partial charge >= 0.3 is 11.9 Å². The van der Waals surface area contributed by atoms with Gasteiger partial charge in [-0.05, 0) is 125 Å². The summed E-state index contributed by atoms with van der Waals surface area (Å²) in [5.41, 5.74) is 10.4. The van der Waals surface area contributed by atoms with Crippen LogP contribution in [-0.2, 0) is 22.6 Å². The van der Waals surface area contributed by atoms with Crippen molar-refractivity contribution in [3.63, 3.8) is 0 Å². The minimum atomic E-state index is -0.454. The van der Waals surface area contributed by atoms with Crippen molar-refractivity contribution in [2.45, 2.75) is 47.7 Å². The van der Waals surface area contributed by atoms with Crippen LogP contribution in [0.2, 0.25) is 0 Å². The van der Waals surface area contributed by atoms with Gasteiger partial charge in [-0.3, -0.25) is 9.97 Å². The summed E-state index contributed by atoms with van der Waals surface area (Å²) in [5.74, 6) is 0.125. The van der Waals surface area contributed by atoms with Gasteiger partial charge in [0, 0.05) is 93.3 Å². The van der Waals surface area contributed by atoms with Gasteiger partial charge in [0.15, 0.2) is 0 Å². The molecule has 0 amide bonds. The fourth-order valence-electron chi connectivity index (χ4n) is 7.77. The Morgan fingerprint density at radius 3 is 1.50 bits per heavy atom. The normalized spacial score (nSPS) is 11.0. The Morgan fingerprint density at radius 2 is 1.05 bits per heavy atom. The van der Waals surface area contributed by atoms with Crippen LogP contribution in [0, 0.1) is 20.8 Å². The molecule has 13 nitrogen and oxygen atoms in total. The Kier molecular flexibility index (Phi) is 12.9. The van der Waals surface area contributed by atoms with E-state index in [0.29, 0.717) is 52.8 Å². The van der Waals surface area contributed by atoms with Crippen LogP contribution in [0.25, 0.3) is 44.1 Å². The van der Waals surface area contributed by atoms with Crippen molar-refractivity contribution in [1.29, 1.82) is 0 Å². The molecule has 0 aliphatic rings. The third-order valence-electron chi connectivity index (χ3n) is 10.3. The molecule has 316 valence electrons. The summed E-state index contributed by atoms with van der Waals surface area (Å²) in [6.07, 6.45) is 6.84. The number of phenols is 1. The number of aromatic nitrogens is 6. The lowest BCUT2D eigenvalue weighted by molar-refractivity contribution is 0.0506. The number of phenolic OH excluding ortho intramolecular Hbond substituents is 1. The number of esters is 2. The van der Waals surface area contributed by atoms with Crippen LogP contribution in [0.15, 0.2) is 110 Å². The number of carbonyl (C=O) groups excluding carboxylic acids is 2. The summed E-state index contributed by atoms with van der Waals surface area (Å²) in [4.78, 5) is 43.7. The van der Waals surface area contributed by atoms with Gasteiger partial charge in [0.1, 0.15) is 17.1 Å². The number of hydrogen-bond donors (Lipinski definition) is 1. The molecular formula is C49H48N6O7. The Hall–Kier alpha value is -7.54. The molecule has 8 rings (SSSR count). The lowest BCUT2D eigenvalue weighted by atomic mass is 10.0. The third kappa shape index (κ3) is 8.69. The number of nitrogens with zero attached hydrogens (tertiary/aromatic N) is 6. The summed E-state index contributed by atoms with van der Waals surface area (Å²) in [6, 6.07) is 26.5. The molecule has 0 radical (unpaired) electrons. The molecule has 8 aromatic rings. The standard InChI is InChI=1S/C25H25N3O3.C24H23N3O4/c1-5-31-25(29)23-22(19-7-6-11-27-24(19)30-4)20-13-16(2)8-9-21(20)28(23)15-18-10-12-26-17(3)14-18;1-4-31-24(29)22-21(18-6-5-10-26-23(18)30-3)19-13-17(28)7-8-20(19)27(22)14-16-9-11-25-15(2)12-16/h6-14H,5,15H2,1-4H3;5-13,28H,4,14H2,1-3H3. The lowest BCUT2D eigenvalue weighted by Gasteiger charge is -2.13. The van der Waals surface area contributed by atoms with E-state index in [9.17, 15) is 14.7 Å². The number of rotatable bonds is 12. The Morgan fingerprint density at radius 1 is 0.581 bits per heavy atom. The maximum atomic E-state index is 13.3. The molecule has 62 heavy (non-hydrogen) atoms. The lowest BCUT2D eigenvalue weighted by Crippen LogP contribution is -2.14. The van der Waals surface area contributed by atoms with Gasteiger partial charge in [0.2, 0.25) is 11.8 Å². The van der Waals surface area contributed by atoms with Gasteiger partial charge in [-0.25, -0.2) is 19.6 Å². The topological polar surface area (TPSA) is 153 Å². The van der Waals surface area contributed by atoms with Crippen molar-refractivity contribution in [3.05, 3.63) is 149 Å². The molecule has 0 atom stereocenters. The van der Waals surface area contributed by atoms with Gasteiger partial charge in [-0.1, -0.05) is 11.6 Å². The molecule has 0 saturated heterocycles. The van der Waals surface area contributed by atoms with Gasteiger partial charge in [0.05, 0.1) is 27.4 Å². The molecule has 0 aliphatic heterocycles. The predicted molar refractivity (Wildman–Crippen MR) is 238 cm³/mol. The largest absolute Gasteiger partial charge is 0.508 e. The molecule has 0 unspecified atom stereocenters. The zero-order valence-electron chi connectivity index (χ0n) is 35.8. The van der Waals surface area contributed by atoms with Crippen LogP contribution in [0.1, 0.15) is 62.9 Å². The SMILES string of the molecule is CCOC(=O)c1c(-c2cccnc2OC)c2cc(C)ccc2n1Cc1ccnc(C)c1.CCOC(=O)c1c(-c2cccnc2OC)c2cc(O)ccc2n1Cc1ccnc(C)c1. The Balaban J connectivity index is 0.000000186. The predicted octanol–water partition coefficient (Wildman–Crippen LogP) is 9.29. The fraction of sp³-hybridized carbons (Fsp3) is 0.224. The van der Waals surface area contributed by atoms with Gasteiger partial charge in [0.25, 0.3) is 0 Å². The van der Waals surface area contributed by atoms with E-state index in [4.69, 9.17) is 18.9 Å². The average Bonchev–Trinajstić information content (AvgIpc) is 3.75. The number of hydrogen-bond acceptors (Lipinski definition) is 11. The number of fused-ring (bicyclic) bond motifs is 2. The summed E-state index contributed by atoms with van der Waals surface area (Å²) in [7, 11) is 3.12. The second-order valence-electron chi connectivity index (χ2n) is 14.5. The number of benzene rings is 2. The van der Waals surface area contributed by atoms with Crippen LogP contribution in [0.4, 0.5) is 0 Å². The molecule has 0 saturated carbocycles. The zero-order valence-corrected chi connectivity index (χ0v) is 35.8. The first-order valence-electron chi connectivity index (χ1n) is 20.2. The highest BCUT2D eigenvalue weighted by atomic mass is 16.5.